The molecule has 0 saturated carbocycles. The van der Waals surface area contributed by atoms with Crippen molar-refractivity contribution in [2.24, 2.45) is 0 Å². The molecule has 0 aliphatic rings. The smallest absolute Gasteiger partial charge is 0.335 e. The van der Waals surface area contributed by atoms with E-state index in [1.165, 1.54) is 23.9 Å². The first-order valence-electron chi connectivity index (χ1n) is 6.20. The topological polar surface area (TPSA) is 77.8 Å². The molecule has 0 atom stereocenters. The Kier molecular flexibility index (Phi) is 4.27. The van der Waals surface area contributed by atoms with E-state index >= 15 is 0 Å². The van der Waals surface area contributed by atoms with Gasteiger partial charge < -0.3 is 19.1 Å². The second-order valence-corrected chi connectivity index (χ2v) is 4.38. The summed E-state index contributed by atoms with van der Waals surface area (Å²) in [4.78, 5) is 22.7. The molecule has 0 radical (unpaired) electrons. The third kappa shape index (κ3) is 3.22. The van der Waals surface area contributed by atoms with Gasteiger partial charge >= 0.3 is 5.97 Å². The monoisotopic (exact) mass is 289 g/mol. The van der Waals surface area contributed by atoms with E-state index in [2.05, 4.69) is 0 Å². The Bertz CT molecular complexity index is 720. The van der Waals surface area contributed by atoms with Gasteiger partial charge in [-0.05, 0) is 23.8 Å². The van der Waals surface area contributed by atoms with E-state index in [0.29, 0.717) is 18.0 Å². The largest absolute Gasteiger partial charge is 0.493 e. The van der Waals surface area contributed by atoms with Gasteiger partial charge in [0.15, 0.2) is 11.5 Å². The molecule has 110 valence electrons. The molecule has 0 aliphatic carbocycles. The van der Waals surface area contributed by atoms with E-state index in [0.717, 1.165) is 11.6 Å². The van der Waals surface area contributed by atoms with E-state index in [4.69, 9.17) is 14.6 Å². The molecular weight excluding hydrogens is 274 g/mol. The molecular formula is C15H15NO5. The number of aromatic nitrogens is 1. The summed E-state index contributed by atoms with van der Waals surface area (Å²) in [6.45, 7) is 0.319. The highest BCUT2D eigenvalue weighted by molar-refractivity contribution is 5.87. The third-order valence-corrected chi connectivity index (χ3v) is 3.04. The van der Waals surface area contributed by atoms with Crippen molar-refractivity contribution < 1.29 is 19.4 Å². The van der Waals surface area contributed by atoms with Gasteiger partial charge in [-0.1, -0.05) is 6.07 Å². The normalized spacial score (nSPS) is 10.2. The van der Waals surface area contributed by atoms with Crippen LogP contribution in [0.5, 0.6) is 11.5 Å². The van der Waals surface area contributed by atoms with Crippen LogP contribution < -0.4 is 15.0 Å². The zero-order chi connectivity index (χ0) is 15.4. The number of nitrogens with zero attached hydrogens (tertiary/aromatic N) is 1. The first-order valence-corrected chi connectivity index (χ1v) is 6.20. The fourth-order valence-corrected chi connectivity index (χ4v) is 1.95. The van der Waals surface area contributed by atoms with Crippen LogP contribution in [0.2, 0.25) is 0 Å². The molecule has 0 saturated heterocycles. The summed E-state index contributed by atoms with van der Waals surface area (Å²) in [5.74, 6) is 0.0605. The van der Waals surface area contributed by atoms with Gasteiger partial charge in [-0.25, -0.2) is 4.79 Å². The van der Waals surface area contributed by atoms with Crippen LogP contribution >= 0.6 is 0 Å². The fourth-order valence-electron chi connectivity index (χ4n) is 1.95. The summed E-state index contributed by atoms with van der Waals surface area (Å²) in [5, 5.41) is 8.84. The van der Waals surface area contributed by atoms with Gasteiger partial charge in [0, 0.05) is 12.3 Å². The minimum absolute atomic E-state index is 0.0245. The summed E-state index contributed by atoms with van der Waals surface area (Å²) in [5.41, 5.74) is 0.450. The van der Waals surface area contributed by atoms with Crippen LogP contribution in [0.15, 0.2) is 41.3 Å². The van der Waals surface area contributed by atoms with Crippen molar-refractivity contribution in [2.75, 3.05) is 14.2 Å². The molecule has 1 aromatic heterocycles. The van der Waals surface area contributed by atoms with E-state index in [-0.39, 0.29) is 11.1 Å². The van der Waals surface area contributed by atoms with Crippen molar-refractivity contribution in [1.82, 2.24) is 4.57 Å². The van der Waals surface area contributed by atoms with Gasteiger partial charge in [0.05, 0.1) is 26.3 Å². The van der Waals surface area contributed by atoms with Crippen LogP contribution in [-0.2, 0) is 6.54 Å². The highest BCUT2D eigenvalue weighted by Crippen LogP contribution is 2.27. The second-order valence-electron chi connectivity index (χ2n) is 4.38. The van der Waals surface area contributed by atoms with Crippen LogP contribution in [0.4, 0.5) is 0 Å². The number of carboxylic acids is 1. The average molecular weight is 289 g/mol. The molecule has 1 heterocycles. The Balaban J connectivity index is 2.30. The molecule has 0 fully saturated rings. The van der Waals surface area contributed by atoms with Crippen molar-refractivity contribution in [2.45, 2.75) is 6.54 Å². The number of hydrogen-bond acceptors (Lipinski definition) is 4. The molecule has 0 spiro atoms. The Morgan fingerprint density at radius 2 is 1.86 bits per heavy atom. The van der Waals surface area contributed by atoms with E-state index < -0.39 is 5.97 Å². The van der Waals surface area contributed by atoms with Crippen LogP contribution in [-0.4, -0.2) is 29.9 Å². The maximum atomic E-state index is 11.9. The van der Waals surface area contributed by atoms with Crippen molar-refractivity contribution in [1.29, 1.82) is 0 Å². The van der Waals surface area contributed by atoms with Crippen LogP contribution in [0.1, 0.15) is 15.9 Å². The zero-order valence-electron chi connectivity index (χ0n) is 11.7. The summed E-state index contributed by atoms with van der Waals surface area (Å²) in [7, 11) is 3.09. The number of carbonyl (C=O) groups is 1. The van der Waals surface area contributed by atoms with Crippen molar-refractivity contribution in [3.63, 3.8) is 0 Å². The van der Waals surface area contributed by atoms with Gasteiger partial charge in [-0.2, -0.15) is 0 Å². The summed E-state index contributed by atoms with van der Waals surface area (Å²) in [6, 6.07) is 7.84. The Morgan fingerprint density at radius 1 is 1.14 bits per heavy atom. The number of rotatable bonds is 5. The number of benzene rings is 1. The molecule has 1 N–H and O–H groups in total. The first kappa shape index (κ1) is 14.6. The standard InChI is InChI=1S/C15H15NO5/c1-20-12-4-3-10(7-13(12)21-2)9-16-6-5-11(15(18)19)8-14(16)17/h3-8H,9H2,1-2H3,(H,18,19). The molecule has 0 amide bonds. The third-order valence-electron chi connectivity index (χ3n) is 3.04. The molecule has 1 aromatic carbocycles. The van der Waals surface area contributed by atoms with Crippen LogP contribution in [0, 0.1) is 0 Å². The second kappa shape index (κ2) is 6.13. The molecule has 0 unspecified atom stereocenters. The number of pyridine rings is 1. The maximum absolute atomic E-state index is 11.9. The maximum Gasteiger partial charge on any atom is 0.335 e. The highest BCUT2D eigenvalue weighted by atomic mass is 16.5. The number of methoxy groups -OCH3 is 2. The summed E-state index contributed by atoms with van der Waals surface area (Å²) < 4.78 is 11.8. The number of hydrogen-bond donors (Lipinski definition) is 1. The fraction of sp³-hybridized carbons (Fsp3) is 0.200. The highest BCUT2D eigenvalue weighted by Gasteiger charge is 2.08. The number of aromatic carboxylic acids is 1. The summed E-state index contributed by atoms with van der Waals surface area (Å²) in [6.07, 6.45) is 1.46. The molecule has 6 heteroatoms. The van der Waals surface area contributed by atoms with Crippen LogP contribution in [0.25, 0.3) is 0 Å². The van der Waals surface area contributed by atoms with Gasteiger partial charge in [-0.15, -0.1) is 0 Å². The Morgan fingerprint density at radius 3 is 2.43 bits per heavy atom. The molecule has 6 nitrogen and oxygen atoms in total. The molecule has 0 aliphatic heterocycles. The van der Waals surface area contributed by atoms with Crippen molar-refractivity contribution >= 4 is 5.97 Å². The van der Waals surface area contributed by atoms with Gasteiger partial charge in [-0.3, -0.25) is 4.79 Å². The zero-order valence-corrected chi connectivity index (χ0v) is 11.7. The minimum atomic E-state index is -1.12. The van der Waals surface area contributed by atoms with Crippen molar-refractivity contribution in [3.05, 3.63) is 58.0 Å². The number of carboxylic acid groups (broad SMARTS) is 1. The Hall–Kier alpha value is -2.76. The summed E-state index contributed by atoms with van der Waals surface area (Å²) >= 11 is 0. The quantitative estimate of drug-likeness (QED) is 0.904. The number of ether oxygens (including phenoxy) is 2. The van der Waals surface area contributed by atoms with E-state index in [1.54, 1.807) is 19.2 Å². The minimum Gasteiger partial charge on any atom is -0.493 e. The van der Waals surface area contributed by atoms with Gasteiger partial charge in [0.1, 0.15) is 0 Å². The average Bonchev–Trinajstić information content (AvgIpc) is 2.48. The van der Waals surface area contributed by atoms with E-state index in [1.807, 2.05) is 6.07 Å². The molecule has 2 rings (SSSR count). The molecule has 0 bridgehead atoms. The lowest BCUT2D eigenvalue weighted by molar-refractivity contribution is 0.0696. The lowest BCUT2D eigenvalue weighted by atomic mass is 10.2. The van der Waals surface area contributed by atoms with Gasteiger partial charge in [0.2, 0.25) is 0 Å². The lowest BCUT2D eigenvalue weighted by Gasteiger charge is -2.11. The SMILES string of the molecule is COc1ccc(Cn2ccc(C(=O)O)cc2=O)cc1OC. The molecule has 2 aromatic rings. The lowest BCUT2D eigenvalue weighted by Crippen LogP contribution is -2.20. The van der Waals surface area contributed by atoms with Crippen LogP contribution in [0.3, 0.4) is 0 Å². The predicted octanol–water partition coefficient (Wildman–Crippen LogP) is 1.61. The van der Waals surface area contributed by atoms with Gasteiger partial charge in [0.25, 0.3) is 5.56 Å². The Labute approximate surface area is 121 Å². The van der Waals surface area contributed by atoms with E-state index in [9.17, 15) is 9.59 Å². The first-order chi connectivity index (χ1) is 10.0. The predicted molar refractivity (Wildman–Crippen MR) is 76.3 cm³/mol. The molecule has 21 heavy (non-hydrogen) atoms. The van der Waals surface area contributed by atoms with Crippen molar-refractivity contribution in [3.8, 4) is 11.5 Å².